The topological polar surface area (TPSA) is 50.9 Å². The van der Waals surface area contributed by atoms with Crippen LogP contribution in [0.3, 0.4) is 0 Å². The summed E-state index contributed by atoms with van der Waals surface area (Å²) in [7, 11) is 0. The second-order valence-corrected chi connectivity index (χ2v) is 23.8. The second kappa shape index (κ2) is 18.3. The van der Waals surface area contributed by atoms with Crippen LogP contribution < -0.4 is 0 Å². The van der Waals surface area contributed by atoms with Crippen molar-refractivity contribution in [3.63, 3.8) is 0 Å². The molecule has 9 rings (SSSR count). The quantitative estimate of drug-likeness (QED) is 0.165. The maximum Gasteiger partial charge on any atom is 0.149 e. The van der Waals surface area contributed by atoms with Crippen LogP contribution in [0, 0.1) is 0 Å². The van der Waals surface area contributed by atoms with Gasteiger partial charge < -0.3 is 5.11 Å². The van der Waals surface area contributed by atoms with Gasteiger partial charge in [0, 0.05) is 29.8 Å². The monoisotopic (exact) mass is 935 g/mol. The maximum absolute atomic E-state index is 12.7. The van der Waals surface area contributed by atoms with Gasteiger partial charge in [0.05, 0.1) is 28.0 Å². The fraction of sp³-hybridized carbons (Fsp3) is 0.284. The van der Waals surface area contributed by atoms with Gasteiger partial charge in [-0.1, -0.05) is 206 Å². The number of aromatic nitrogens is 3. The smallest absolute Gasteiger partial charge is 0.149 e. The molecule has 2 aromatic heterocycles. The Morgan fingerprint density at radius 1 is 0.465 bits per heavy atom. The number of aromatic hydroxyl groups is 1. The number of phenolic OH excluding ortho intramolecular Hbond substituents is 1. The number of hydrogen-bond donors (Lipinski definition) is 1. The molecular weight excluding hydrogens is 863 g/mol. The van der Waals surface area contributed by atoms with Crippen molar-refractivity contribution in [2.75, 3.05) is 0 Å². The zero-order valence-electron chi connectivity index (χ0n) is 45.4. The third-order valence-electron chi connectivity index (χ3n) is 14.1. The predicted molar refractivity (Wildman–Crippen MR) is 302 cm³/mol. The largest absolute Gasteiger partial charge is 0.507 e. The highest BCUT2D eigenvalue weighted by atomic mass is 16.3. The fourth-order valence-electron chi connectivity index (χ4n) is 9.61. The first kappa shape index (κ1) is 47.6. The summed E-state index contributed by atoms with van der Waals surface area (Å²) < 4.78 is 11.4. The number of nitrogens with zero attached hydrogens (tertiary/aromatic N) is 3. The van der Waals surface area contributed by atoms with Crippen LogP contribution in [0.25, 0.3) is 83.9 Å². The van der Waals surface area contributed by atoms with Gasteiger partial charge in [-0.05, 0) is 132 Å². The number of benzene rings is 7. The molecule has 4 nitrogen and oxygen atoms in total. The van der Waals surface area contributed by atoms with Gasteiger partial charge >= 0.3 is 0 Å². The van der Waals surface area contributed by atoms with E-state index in [-0.39, 0.29) is 27.4 Å². The van der Waals surface area contributed by atoms with Crippen molar-refractivity contribution in [3.8, 4) is 78.6 Å². The second-order valence-electron chi connectivity index (χ2n) is 23.8. The zero-order chi connectivity index (χ0) is 51.7. The molecule has 9 aromatic rings. The highest BCUT2D eigenvalue weighted by Gasteiger charge is 2.30. The number of imidazole rings is 1. The van der Waals surface area contributed by atoms with E-state index in [1.807, 2.05) is 26.1 Å². The van der Waals surface area contributed by atoms with Crippen molar-refractivity contribution >= 4 is 11.0 Å². The van der Waals surface area contributed by atoms with Crippen molar-refractivity contribution in [1.29, 1.82) is 0 Å². The van der Waals surface area contributed by atoms with E-state index in [0.717, 1.165) is 78.0 Å². The van der Waals surface area contributed by atoms with Crippen molar-refractivity contribution in [1.82, 2.24) is 14.5 Å². The van der Waals surface area contributed by atoms with Gasteiger partial charge in [0.2, 0.25) is 0 Å². The molecule has 0 radical (unpaired) electrons. The number of para-hydroxylation sites is 1. The number of fused-ring (bicyclic) bond motifs is 1. The van der Waals surface area contributed by atoms with Crippen LogP contribution in [0.4, 0.5) is 0 Å². The van der Waals surface area contributed by atoms with Crippen molar-refractivity contribution in [2.45, 2.75) is 124 Å². The van der Waals surface area contributed by atoms with Crippen molar-refractivity contribution in [2.24, 2.45) is 0 Å². The molecule has 0 aliphatic carbocycles. The minimum absolute atomic E-state index is 0.0189. The Hall–Kier alpha value is -7.04. The van der Waals surface area contributed by atoms with E-state index in [0.29, 0.717) is 11.4 Å². The first-order chi connectivity index (χ1) is 33.8. The van der Waals surface area contributed by atoms with E-state index in [2.05, 4.69) is 239 Å². The van der Waals surface area contributed by atoms with Gasteiger partial charge in [-0.2, -0.15) is 0 Å². The van der Waals surface area contributed by atoms with Crippen molar-refractivity contribution < 1.29 is 6.48 Å². The molecular formula is C67H71N3O. The number of pyridine rings is 1. The average Bonchev–Trinajstić information content (AvgIpc) is 3.72. The lowest BCUT2D eigenvalue weighted by atomic mass is 9.79. The van der Waals surface area contributed by atoms with Crippen molar-refractivity contribution in [3.05, 3.63) is 192 Å². The van der Waals surface area contributed by atoms with E-state index >= 15 is 0 Å². The zero-order valence-corrected chi connectivity index (χ0v) is 44.4. The molecule has 71 heavy (non-hydrogen) atoms. The summed E-state index contributed by atoms with van der Waals surface area (Å²) >= 11 is 0. The maximum atomic E-state index is 12.7. The van der Waals surface area contributed by atoms with Crippen LogP contribution >= 0.6 is 0 Å². The molecule has 4 heteroatoms. The summed E-state index contributed by atoms with van der Waals surface area (Å²) in [6.07, 6.45) is 1.92. The fourth-order valence-corrected chi connectivity index (χ4v) is 9.61. The molecule has 0 fully saturated rings. The Morgan fingerprint density at radius 2 is 1.06 bits per heavy atom. The third kappa shape index (κ3) is 9.87. The number of phenols is 1. The van der Waals surface area contributed by atoms with Crippen LogP contribution in [0.5, 0.6) is 5.75 Å². The summed E-state index contributed by atoms with van der Waals surface area (Å²) in [6, 6.07) is 56.5. The Morgan fingerprint density at radius 3 is 1.68 bits per heavy atom. The minimum Gasteiger partial charge on any atom is -0.507 e. The van der Waals surface area contributed by atoms with Gasteiger partial charge in [0.1, 0.15) is 11.6 Å². The molecule has 0 amide bonds. The molecule has 0 saturated heterocycles. The molecule has 360 valence electrons. The Kier molecular flexibility index (Phi) is 12.3. The first-order valence-corrected chi connectivity index (χ1v) is 25.2. The van der Waals surface area contributed by atoms with Gasteiger partial charge in [-0.25, -0.2) is 4.98 Å². The van der Waals surface area contributed by atoms with Crippen LogP contribution in [-0.4, -0.2) is 19.6 Å². The highest BCUT2D eigenvalue weighted by molar-refractivity contribution is 5.98. The average molecular weight is 935 g/mol. The summed E-state index contributed by atoms with van der Waals surface area (Å²) in [5.74, 6) is 0.0343. The van der Waals surface area contributed by atoms with E-state index in [1.54, 1.807) is 0 Å². The molecule has 0 unspecified atom stereocenters. The molecule has 0 bridgehead atoms. The lowest BCUT2D eigenvalue weighted by molar-refractivity contribution is 0.446. The van der Waals surface area contributed by atoms with Gasteiger partial charge in [-0.3, -0.25) is 9.55 Å². The molecule has 0 atom stereocenters. The number of rotatable bonds is 8. The van der Waals surface area contributed by atoms with Crippen LogP contribution in [-0.2, 0) is 21.7 Å². The van der Waals surface area contributed by atoms with E-state index in [4.69, 9.17) is 9.97 Å². The standard InChI is InChI=1S/C67H71N3O/c1-42(2)47-29-32-59(55(38-47)46-27-30-51(31-28-46)64(3,4)5)70-60-22-18-21-54(61(60)69-63(70)56-40-53(66(9,10)11)41-57(62(56)71)67(12,13)14)49-35-50(37-52(36-49)65(6,7)8)58-39-48(33-34-68-58)45-25-23-44(24-26-45)43-19-16-15-17-20-43/h15-42,71H,1-14H3/i42D. The highest BCUT2D eigenvalue weighted by Crippen LogP contribution is 2.46. The van der Waals surface area contributed by atoms with Gasteiger partial charge in [-0.15, -0.1) is 0 Å². The Balaban J connectivity index is 1.31. The SMILES string of the molecule is [2H]C(C)(C)c1ccc(-n2c(-c3cc(C(C)(C)C)cc(C(C)(C)C)c3O)nc3c(-c4cc(-c5cc(-c6ccc(-c7ccccc7)cc6)ccn5)cc(C(C)(C)C)c4)cccc32)c(-c2ccc(C(C)(C)C)cc2)c1. The molecule has 7 aromatic carbocycles. The Bertz CT molecular complexity index is 3450. The van der Waals surface area contributed by atoms with Crippen LogP contribution in [0.1, 0.15) is 132 Å². The Labute approximate surface area is 425 Å². The van der Waals surface area contributed by atoms with E-state index in [9.17, 15) is 6.48 Å². The molecule has 1 N–H and O–H groups in total. The molecule has 0 aliphatic heterocycles. The van der Waals surface area contributed by atoms with Crippen LogP contribution in [0.2, 0.25) is 0 Å². The summed E-state index contributed by atoms with van der Waals surface area (Å²) in [5.41, 5.74) is 18.5. The van der Waals surface area contributed by atoms with E-state index < -0.39 is 5.89 Å². The van der Waals surface area contributed by atoms with Gasteiger partial charge in [0.15, 0.2) is 0 Å². The lowest BCUT2D eigenvalue weighted by Crippen LogP contribution is -2.17. The normalized spacial score (nSPS) is 12.9. The minimum atomic E-state index is -0.844. The van der Waals surface area contributed by atoms with E-state index in [1.165, 1.54) is 22.3 Å². The molecule has 0 saturated carbocycles. The lowest BCUT2D eigenvalue weighted by Gasteiger charge is -2.27. The first-order valence-electron chi connectivity index (χ1n) is 25.7. The third-order valence-corrected chi connectivity index (χ3v) is 14.1. The molecule has 2 heterocycles. The summed E-state index contributed by atoms with van der Waals surface area (Å²) in [6.45, 7) is 30.5. The number of hydrogen-bond acceptors (Lipinski definition) is 3. The molecule has 0 aliphatic rings. The predicted octanol–water partition coefficient (Wildman–Crippen LogP) is 18.4. The summed E-state index contributed by atoms with van der Waals surface area (Å²) in [5, 5.41) is 12.7. The summed E-state index contributed by atoms with van der Waals surface area (Å²) in [4.78, 5) is 10.7. The van der Waals surface area contributed by atoms with Gasteiger partial charge in [0.25, 0.3) is 0 Å². The van der Waals surface area contributed by atoms with Crippen LogP contribution in [0.15, 0.2) is 164 Å². The molecule has 0 spiro atoms.